The Bertz CT molecular complexity index is 372. The summed E-state index contributed by atoms with van der Waals surface area (Å²) in [6, 6.07) is 11.2. The van der Waals surface area contributed by atoms with Gasteiger partial charge in [0.05, 0.1) is 12.7 Å². The van der Waals surface area contributed by atoms with Crippen LogP contribution in [-0.4, -0.2) is 19.2 Å². The predicted octanol–water partition coefficient (Wildman–Crippen LogP) is 4.71. The van der Waals surface area contributed by atoms with Gasteiger partial charge in [0.25, 0.3) is 0 Å². The van der Waals surface area contributed by atoms with Gasteiger partial charge in [-0.1, -0.05) is 63.4 Å². The molecule has 1 N–H and O–H groups in total. The van der Waals surface area contributed by atoms with Crippen LogP contribution in [0.4, 0.5) is 0 Å². The lowest BCUT2D eigenvalue weighted by Gasteiger charge is -2.32. The van der Waals surface area contributed by atoms with Gasteiger partial charge < -0.3 is 10.1 Å². The summed E-state index contributed by atoms with van der Waals surface area (Å²) in [5.74, 6) is 0.699. The standard InChI is InChI=1S/C19H31NO/c1-3-10-16(4-2)15-21-19(17-11-6-5-7-12-17)18-13-8-9-14-20-18/h5-7,11-12,16,18-20H,3-4,8-10,13-15H2,1-2H3. The molecule has 2 nitrogen and oxygen atoms in total. The highest BCUT2D eigenvalue weighted by atomic mass is 16.5. The number of hydrogen-bond donors (Lipinski definition) is 1. The first kappa shape index (κ1) is 16.5. The third-order valence-electron chi connectivity index (χ3n) is 4.63. The van der Waals surface area contributed by atoms with Crippen LogP contribution in [0.2, 0.25) is 0 Å². The largest absolute Gasteiger partial charge is 0.372 e. The van der Waals surface area contributed by atoms with Gasteiger partial charge in [0.2, 0.25) is 0 Å². The van der Waals surface area contributed by atoms with Gasteiger partial charge in [-0.3, -0.25) is 0 Å². The van der Waals surface area contributed by atoms with Crippen LogP contribution in [0.25, 0.3) is 0 Å². The predicted molar refractivity (Wildman–Crippen MR) is 89.5 cm³/mol. The van der Waals surface area contributed by atoms with Crippen molar-refractivity contribution in [2.24, 2.45) is 5.92 Å². The average Bonchev–Trinajstić information content (AvgIpc) is 2.56. The Morgan fingerprint density at radius 3 is 2.62 bits per heavy atom. The van der Waals surface area contributed by atoms with E-state index in [1.54, 1.807) is 0 Å². The van der Waals surface area contributed by atoms with Gasteiger partial charge in [0.1, 0.15) is 0 Å². The van der Waals surface area contributed by atoms with Crippen LogP contribution in [-0.2, 0) is 4.74 Å². The van der Waals surface area contributed by atoms with Crippen molar-refractivity contribution in [1.29, 1.82) is 0 Å². The van der Waals surface area contributed by atoms with Crippen LogP contribution >= 0.6 is 0 Å². The minimum absolute atomic E-state index is 0.206. The number of benzene rings is 1. The second kappa shape index (κ2) is 9.22. The van der Waals surface area contributed by atoms with Crippen LogP contribution in [0.15, 0.2) is 30.3 Å². The zero-order valence-corrected chi connectivity index (χ0v) is 13.7. The topological polar surface area (TPSA) is 21.3 Å². The Labute approximate surface area is 130 Å². The van der Waals surface area contributed by atoms with Crippen LogP contribution in [0.3, 0.4) is 0 Å². The summed E-state index contributed by atoms with van der Waals surface area (Å²) in [6.07, 6.45) is 7.78. The third kappa shape index (κ3) is 5.12. The zero-order valence-electron chi connectivity index (χ0n) is 13.7. The highest BCUT2D eigenvalue weighted by molar-refractivity contribution is 5.19. The van der Waals surface area contributed by atoms with E-state index in [1.807, 2.05) is 0 Å². The number of piperidine rings is 1. The van der Waals surface area contributed by atoms with Gasteiger partial charge >= 0.3 is 0 Å². The molecule has 3 atom stereocenters. The summed E-state index contributed by atoms with van der Waals surface area (Å²) >= 11 is 0. The van der Waals surface area contributed by atoms with Crippen molar-refractivity contribution in [2.45, 2.75) is 64.5 Å². The van der Waals surface area contributed by atoms with E-state index in [2.05, 4.69) is 49.5 Å². The molecular weight excluding hydrogens is 258 g/mol. The molecule has 1 saturated heterocycles. The van der Waals surface area contributed by atoms with Gasteiger partial charge in [0.15, 0.2) is 0 Å². The Morgan fingerprint density at radius 2 is 2.00 bits per heavy atom. The second-order valence-electron chi connectivity index (χ2n) is 6.28. The van der Waals surface area contributed by atoms with E-state index < -0.39 is 0 Å². The number of nitrogens with one attached hydrogen (secondary N) is 1. The first-order chi connectivity index (χ1) is 10.3. The first-order valence-corrected chi connectivity index (χ1v) is 8.75. The monoisotopic (exact) mass is 289 g/mol. The molecule has 1 aliphatic heterocycles. The summed E-state index contributed by atoms with van der Waals surface area (Å²) < 4.78 is 6.41. The molecule has 0 radical (unpaired) electrons. The molecule has 118 valence electrons. The van der Waals surface area contributed by atoms with Gasteiger partial charge in [-0.15, -0.1) is 0 Å². The maximum atomic E-state index is 6.41. The van der Waals surface area contributed by atoms with Gasteiger partial charge in [-0.25, -0.2) is 0 Å². The maximum Gasteiger partial charge on any atom is 0.0977 e. The minimum atomic E-state index is 0.206. The van der Waals surface area contributed by atoms with E-state index in [0.717, 1.165) is 13.2 Å². The second-order valence-corrected chi connectivity index (χ2v) is 6.28. The molecule has 1 heterocycles. The molecular formula is C19H31NO. The molecule has 2 rings (SSSR count). The summed E-state index contributed by atoms with van der Waals surface area (Å²) in [5, 5.41) is 3.67. The van der Waals surface area contributed by atoms with E-state index in [0.29, 0.717) is 12.0 Å². The maximum absolute atomic E-state index is 6.41. The smallest absolute Gasteiger partial charge is 0.0977 e. The van der Waals surface area contributed by atoms with Crippen molar-refractivity contribution in [1.82, 2.24) is 5.32 Å². The molecule has 0 amide bonds. The van der Waals surface area contributed by atoms with Crippen LogP contribution in [0, 0.1) is 5.92 Å². The lowest BCUT2D eigenvalue weighted by Crippen LogP contribution is -2.40. The molecule has 2 heteroatoms. The third-order valence-corrected chi connectivity index (χ3v) is 4.63. The molecule has 0 spiro atoms. The molecule has 1 aromatic carbocycles. The summed E-state index contributed by atoms with van der Waals surface area (Å²) in [6.45, 7) is 6.56. The van der Waals surface area contributed by atoms with E-state index >= 15 is 0 Å². The number of ether oxygens (including phenoxy) is 1. The van der Waals surface area contributed by atoms with Gasteiger partial charge in [0, 0.05) is 6.04 Å². The highest BCUT2D eigenvalue weighted by Gasteiger charge is 2.26. The van der Waals surface area contributed by atoms with Gasteiger partial charge in [-0.2, -0.15) is 0 Å². The molecule has 1 aliphatic rings. The van der Waals surface area contributed by atoms with E-state index in [9.17, 15) is 0 Å². The Morgan fingerprint density at radius 1 is 1.19 bits per heavy atom. The number of rotatable bonds is 8. The fraction of sp³-hybridized carbons (Fsp3) is 0.684. The highest BCUT2D eigenvalue weighted by Crippen LogP contribution is 2.28. The molecule has 0 saturated carbocycles. The van der Waals surface area contributed by atoms with Gasteiger partial charge in [-0.05, 0) is 37.3 Å². The van der Waals surface area contributed by atoms with Crippen molar-refractivity contribution in [3.8, 4) is 0 Å². The molecule has 1 fully saturated rings. The molecule has 0 aromatic heterocycles. The van der Waals surface area contributed by atoms with E-state index in [-0.39, 0.29) is 6.10 Å². The lowest BCUT2D eigenvalue weighted by atomic mass is 9.94. The SMILES string of the molecule is CCCC(CC)COC(c1ccccc1)C1CCCCN1. The quantitative estimate of drug-likeness (QED) is 0.748. The molecule has 0 aliphatic carbocycles. The first-order valence-electron chi connectivity index (χ1n) is 8.75. The average molecular weight is 289 g/mol. The summed E-state index contributed by atoms with van der Waals surface area (Å²) in [5.41, 5.74) is 1.32. The Hall–Kier alpha value is -0.860. The molecule has 21 heavy (non-hydrogen) atoms. The normalized spacial score (nSPS) is 21.9. The summed E-state index contributed by atoms with van der Waals surface area (Å²) in [7, 11) is 0. The Balaban J connectivity index is 2.01. The van der Waals surface area contributed by atoms with Crippen molar-refractivity contribution < 1.29 is 4.74 Å². The lowest BCUT2D eigenvalue weighted by molar-refractivity contribution is -0.00365. The van der Waals surface area contributed by atoms with Crippen LogP contribution < -0.4 is 5.32 Å². The van der Waals surface area contributed by atoms with Crippen molar-refractivity contribution >= 4 is 0 Å². The van der Waals surface area contributed by atoms with Crippen molar-refractivity contribution in [3.63, 3.8) is 0 Å². The zero-order chi connectivity index (χ0) is 14.9. The van der Waals surface area contributed by atoms with E-state index in [1.165, 1.54) is 44.1 Å². The molecule has 3 unspecified atom stereocenters. The fourth-order valence-corrected chi connectivity index (χ4v) is 3.28. The van der Waals surface area contributed by atoms with E-state index in [4.69, 9.17) is 4.74 Å². The van der Waals surface area contributed by atoms with Crippen LogP contribution in [0.1, 0.15) is 64.0 Å². The molecule has 1 aromatic rings. The minimum Gasteiger partial charge on any atom is -0.372 e. The fourth-order valence-electron chi connectivity index (χ4n) is 3.28. The Kier molecular flexibility index (Phi) is 7.25. The van der Waals surface area contributed by atoms with Crippen molar-refractivity contribution in [3.05, 3.63) is 35.9 Å². The molecule has 0 bridgehead atoms. The van der Waals surface area contributed by atoms with Crippen LogP contribution in [0.5, 0.6) is 0 Å². The summed E-state index contributed by atoms with van der Waals surface area (Å²) in [4.78, 5) is 0. The number of hydrogen-bond acceptors (Lipinski definition) is 2. The van der Waals surface area contributed by atoms with Crippen molar-refractivity contribution in [2.75, 3.05) is 13.2 Å².